The van der Waals surface area contributed by atoms with Crippen molar-refractivity contribution >= 4 is 69.8 Å². The molecule has 0 atom stereocenters. The van der Waals surface area contributed by atoms with Crippen LogP contribution in [-0.2, 0) is 14.8 Å². The molecule has 0 saturated carbocycles. The van der Waals surface area contributed by atoms with Gasteiger partial charge in [-0.1, -0.05) is 41.7 Å². The van der Waals surface area contributed by atoms with Gasteiger partial charge in [0, 0.05) is 17.1 Å². The van der Waals surface area contributed by atoms with E-state index >= 15 is 0 Å². The van der Waals surface area contributed by atoms with Crippen molar-refractivity contribution in [1.29, 1.82) is 0 Å². The first-order valence-corrected chi connectivity index (χ1v) is 11.6. The molecule has 0 bridgehead atoms. The van der Waals surface area contributed by atoms with Crippen LogP contribution in [0.25, 0.3) is 26.1 Å². The molecule has 10 heteroatoms. The second-order valence-corrected chi connectivity index (χ2v) is 10.4. The van der Waals surface area contributed by atoms with E-state index in [2.05, 4.69) is 10.3 Å². The molecule has 0 radical (unpaired) electrons. The van der Waals surface area contributed by atoms with Crippen LogP contribution in [-0.4, -0.2) is 35.8 Å². The maximum absolute atomic E-state index is 13.1. The molecule has 3 heterocycles. The molecule has 2 N–H and O–H groups in total. The predicted molar refractivity (Wildman–Crippen MR) is 115 cm³/mol. The van der Waals surface area contributed by atoms with Gasteiger partial charge in [-0.3, -0.25) is 14.4 Å². The average Bonchev–Trinajstić information content (AvgIpc) is 3.28. The van der Waals surface area contributed by atoms with Gasteiger partial charge in [-0.05, 0) is 18.2 Å². The van der Waals surface area contributed by atoms with Gasteiger partial charge in [0.05, 0.1) is 15.1 Å². The van der Waals surface area contributed by atoms with Gasteiger partial charge >= 0.3 is 0 Å². The number of carbonyl (C=O) groups excluding carboxylic acids is 1. The Kier molecular flexibility index (Phi) is 3.92. The number of aliphatic hydroxyl groups excluding tert-OH is 1. The van der Waals surface area contributed by atoms with Crippen molar-refractivity contribution in [3.63, 3.8) is 0 Å². The summed E-state index contributed by atoms with van der Waals surface area (Å²) >= 11 is 2.41. The van der Waals surface area contributed by atoms with Crippen molar-refractivity contribution in [2.45, 2.75) is 4.90 Å². The topological polar surface area (TPSA) is 99.6 Å². The number of hydrogen-bond acceptors (Lipinski definition) is 7. The third kappa shape index (κ3) is 2.64. The molecular weight excluding hydrogens is 430 g/mol. The Hall–Kier alpha value is -2.95. The van der Waals surface area contributed by atoms with E-state index in [1.807, 2.05) is 24.3 Å². The summed E-state index contributed by atoms with van der Waals surface area (Å²) in [6.45, 7) is 0. The van der Waals surface area contributed by atoms with E-state index in [4.69, 9.17) is 0 Å². The summed E-state index contributed by atoms with van der Waals surface area (Å²) in [6.07, 6.45) is 0. The molecule has 29 heavy (non-hydrogen) atoms. The Morgan fingerprint density at radius 2 is 1.76 bits per heavy atom. The van der Waals surface area contributed by atoms with Gasteiger partial charge in [-0.15, -0.1) is 11.3 Å². The molecule has 0 spiro atoms. The van der Waals surface area contributed by atoms with Gasteiger partial charge in [-0.2, -0.15) is 0 Å². The Bertz CT molecular complexity index is 1420. The van der Waals surface area contributed by atoms with Crippen LogP contribution in [0.4, 0.5) is 5.13 Å². The van der Waals surface area contributed by atoms with Gasteiger partial charge in [-0.25, -0.2) is 13.4 Å². The van der Waals surface area contributed by atoms with Crippen LogP contribution in [0.2, 0.25) is 0 Å². The first-order valence-electron chi connectivity index (χ1n) is 8.49. The smallest absolute Gasteiger partial charge is 0.278 e. The number of aliphatic hydroxyl groups is 1. The van der Waals surface area contributed by atoms with Gasteiger partial charge in [0.25, 0.3) is 15.9 Å². The Morgan fingerprint density at radius 1 is 1.07 bits per heavy atom. The summed E-state index contributed by atoms with van der Waals surface area (Å²) in [4.78, 5) is 17.4. The van der Waals surface area contributed by atoms with E-state index in [9.17, 15) is 18.3 Å². The van der Waals surface area contributed by atoms with Crippen LogP contribution >= 0.6 is 22.7 Å². The van der Waals surface area contributed by atoms with E-state index in [0.717, 1.165) is 25.9 Å². The number of likely N-dealkylation sites (N-methyl/N-ethyl adjacent to an activating group) is 1. The molecule has 0 saturated heterocycles. The number of benzene rings is 2. The molecule has 0 fully saturated rings. The molecule has 7 nitrogen and oxygen atoms in total. The quantitative estimate of drug-likeness (QED) is 0.488. The normalized spacial score (nSPS) is 15.7. The number of thiophene rings is 1. The van der Waals surface area contributed by atoms with Crippen LogP contribution in [0.1, 0.15) is 4.88 Å². The SMILES string of the molecule is CN1C(C(=O)Nc2nc3ccccc3s2)=C(O)c2sc3ccccc3c2S1(=O)=O. The minimum Gasteiger partial charge on any atom is -0.504 e. The van der Waals surface area contributed by atoms with E-state index in [1.54, 1.807) is 24.3 Å². The van der Waals surface area contributed by atoms with Gasteiger partial charge in [0.2, 0.25) is 0 Å². The lowest BCUT2D eigenvalue weighted by atomic mass is 10.2. The number of anilines is 1. The third-order valence-corrected chi connectivity index (χ3v) is 8.75. The zero-order chi connectivity index (χ0) is 20.3. The van der Waals surface area contributed by atoms with Crippen molar-refractivity contribution in [2.24, 2.45) is 0 Å². The minimum atomic E-state index is -4.00. The molecule has 1 amide bonds. The van der Waals surface area contributed by atoms with Crippen molar-refractivity contribution in [3.05, 3.63) is 59.1 Å². The lowest BCUT2D eigenvalue weighted by Gasteiger charge is -2.26. The number of sulfonamides is 1. The number of hydrogen-bond donors (Lipinski definition) is 2. The highest BCUT2D eigenvalue weighted by Gasteiger charge is 2.40. The number of para-hydroxylation sites is 1. The number of nitrogens with one attached hydrogen (secondary N) is 1. The highest BCUT2D eigenvalue weighted by molar-refractivity contribution is 7.89. The van der Waals surface area contributed by atoms with Crippen LogP contribution in [0, 0.1) is 0 Å². The number of aromatic nitrogens is 1. The van der Waals surface area contributed by atoms with E-state index in [0.29, 0.717) is 15.2 Å². The van der Waals surface area contributed by atoms with Crippen LogP contribution in [0.15, 0.2) is 59.1 Å². The number of nitrogens with zero attached hydrogens (tertiary/aromatic N) is 2. The van der Waals surface area contributed by atoms with E-state index < -0.39 is 15.9 Å². The first kappa shape index (κ1) is 18.1. The third-order valence-electron chi connectivity index (χ3n) is 4.65. The van der Waals surface area contributed by atoms with E-state index in [-0.39, 0.29) is 21.2 Å². The Labute approximate surface area is 173 Å². The highest BCUT2D eigenvalue weighted by Crippen LogP contribution is 2.44. The monoisotopic (exact) mass is 443 g/mol. The fourth-order valence-electron chi connectivity index (χ4n) is 3.28. The summed E-state index contributed by atoms with van der Waals surface area (Å²) in [6, 6.07) is 14.4. The molecule has 5 rings (SSSR count). The maximum Gasteiger partial charge on any atom is 0.278 e. The number of amides is 1. The summed E-state index contributed by atoms with van der Waals surface area (Å²) in [7, 11) is -2.74. The molecule has 2 aromatic heterocycles. The molecule has 0 unspecified atom stereocenters. The van der Waals surface area contributed by atoms with Crippen LogP contribution in [0.5, 0.6) is 0 Å². The molecule has 1 aliphatic heterocycles. The largest absolute Gasteiger partial charge is 0.504 e. The zero-order valence-corrected chi connectivity index (χ0v) is 17.4. The van der Waals surface area contributed by atoms with Crippen molar-refractivity contribution in [1.82, 2.24) is 9.29 Å². The van der Waals surface area contributed by atoms with Crippen LogP contribution in [0.3, 0.4) is 0 Å². The molecule has 2 aromatic carbocycles. The van der Waals surface area contributed by atoms with Crippen molar-refractivity contribution < 1.29 is 18.3 Å². The molecule has 4 aromatic rings. The number of carbonyl (C=O) groups is 1. The molecule has 146 valence electrons. The number of rotatable bonds is 2. The predicted octanol–water partition coefficient (Wildman–Crippen LogP) is 4.01. The summed E-state index contributed by atoms with van der Waals surface area (Å²) in [5, 5.41) is 14.3. The lowest BCUT2D eigenvalue weighted by Crippen LogP contribution is -2.36. The van der Waals surface area contributed by atoms with Gasteiger partial charge in [0.1, 0.15) is 4.90 Å². The zero-order valence-electron chi connectivity index (χ0n) is 14.9. The van der Waals surface area contributed by atoms with E-state index in [1.165, 1.54) is 18.4 Å². The standard InChI is InChI=1S/C19H13N3O4S3/c1-22-14(18(24)21-19-20-11-7-3-5-9-13(11)28-19)15(23)16-17(29(22,25)26)10-6-2-4-8-12(10)27-16/h2-9,23H,1H3,(H,20,21,24). The van der Waals surface area contributed by atoms with Gasteiger partial charge < -0.3 is 5.11 Å². The maximum atomic E-state index is 13.1. The second-order valence-electron chi connectivity index (χ2n) is 6.37. The second kappa shape index (κ2) is 6.28. The Balaban J connectivity index is 1.63. The number of thiazole rings is 1. The molecule has 0 aliphatic carbocycles. The summed E-state index contributed by atoms with van der Waals surface area (Å²) in [5.41, 5.74) is 0.394. The fraction of sp³-hybridized carbons (Fsp3) is 0.0526. The Morgan fingerprint density at radius 3 is 2.52 bits per heavy atom. The minimum absolute atomic E-state index is 0.0228. The summed E-state index contributed by atoms with van der Waals surface area (Å²) in [5.74, 6) is -1.10. The number of fused-ring (bicyclic) bond motifs is 4. The molecular formula is C19H13N3O4S3. The van der Waals surface area contributed by atoms with Crippen molar-refractivity contribution in [2.75, 3.05) is 12.4 Å². The van der Waals surface area contributed by atoms with Crippen molar-refractivity contribution in [3.8, 4) is 0 Å². The fourth-order valence-corrected chi connectivity index (χ4v) is 7.16. The van der Waals surface area contributed by atoms with Gasteiger partial charge in [0.15, 0.2) is 16.6 Å². The summed E-state index contributed by atoms with van der Waals surface area (Å²) < 4.78 is 28.7. The highest BCUT2D eigenvalue weighted by atomic mass is 32.2. The first-order chi connectivity index (χ1) is 13.9. The van der Waals surface area contributed by atoms with Crippen LogP contribution < -0.4 is 5.32 Å². The molecule has 1 aliphatic rings. The lowest BCUT2D eigenvalue weighted by molar-refractivity contribution is -0.113. The average molecular weight is 444 g/mol.